The van der Waals surface area contributed by atoms with Crippen molar-refractivity contribution in [2.24, 2.45) is 5.14 Å². The lowest BCUT2D eigenvalue weighted by Gasteiger charge is -2.15. The van der Waals surface area contributed by atoms with Gasteiger partial charge in [-0.05, 0) is 42.7 Å². The maximum absolute atomic E-state index is 11.9. The van der Waals surface area contributed by atoms with Gasteiger partial charge in [0.05, 0.1) is 10.9 Å². The first-order chi connectivity index (χ1) is 11.4. The summed E-state index contributed by atoms with van der Waals surface area (Å²) in [7, 11) is -3.71. The second-order valence-corrected chi connectivity index (χ2v) is 6.91. The Bertz CT molecular complexity index is 777. The first-order valence-corrected chi connectivity index (χ1v) is 8.97. The van der Waals surface area contributed by atoms with E-state index >= 15 is 0 Å². The fraction of sp³-hybridized carbons (Fsp3) is 0.250. The molecule has 0 bridgehead atoms. The van der Waals surface area contributed by atoms with Crippen LogP contribution in [0.4, 0.5) is 4.79 Å². The van der Waals surface area contributed by atoms with Crippen LogP contribution in [0.1, 0.15) is 24.1 Å². The molecule has 24 heavy (non-hydrogen) atoms. The van der Waals surface area contributed by atoms with Crippen LogP contribution in [0, 0.1) is 0 Å². The Hall–Kier alpha value is -2.45. The Kier molecular flexibility index (Phi) is 5.88. The molecule has 2 amide bonds. The predicted molar refractivity (Wildman–Crippen MR) is 90.7 cm³/mol. The molecule has 1 aromatic heterocycles. The quantitative estimate of drug-likeness (QED) is 0.730. The summed E-state index contributed by atoms with van der Waals surface area (Å²) in [6.07, 6.45) is 4.15. The van der Waals surface area contributed by atoms with E-state index in [1.807, 2.05) is 19.1 Å². The molecule has 0 saturated heterocycles. The number of rotatable bonds is 6. The van der Waals surface area contributed by atoms with Gasteiger partial charge in [-0.25, -0.2) is 18.4 Å². The van der Waals surface area contributed by atoms with E-state index in [1.54, 1.807) is 24.5 Å². The molecule has 0 aliphatic rings. The Morgan fingerprint density at radius 2 is 1.96 bits per heavy atom. The number of benzene rings is 1. The molecule has 7 nitrogen and oxygen atoms in total. The highest BCUT2D eigenvalue weighted by Gasteiger charge is 2.11. The average molecular weight is 348 g/mol. The number of pyridine rings is 1. The van der Waals surface area contributed by atoms with Gasteiger partial charge in [0, 0.05) is 18.9 Å². The number of nitrogens with zero attached hydrogens (tertiary/aromatic N) is 1. The Balaban J connectivity index is 1.83. The minimum atomic E-state index is -3.71. The molecule has 2 rings (SSSR count). The third-order valence-electron chi connectivity index (χ3n) is 3.48. The van der Waals surface area contributed by atoms with Crippen LogP contribution in [0.25, 0.3) is 0 Å². The largest absolute Gasteiger partial charge is 0.338 e. The number of nitrogens with one attached hydrogen (secondary N) is 2. The lowest BCUT2D eigenvalue weighted by atomic mass is 10.1. The molecule has 1 unspecified atom stereocenters. The van der Waals surface area contributed by atoms with E-state index in [-0.39, 0.29) is 17.0 Å². The van der Waals surface area contributed by atoms with Gasteiger partial charge in [0.2, 0.25) is 10.0 Å². The van der Waals surface area contributed by atoms with Crippen LogP contribution in [-0.4, -0.2) is 26.0 Å². The number of hydrogen-bond acceptors (Lipinski definition) is 4. The number of carbonyl (C=O) groups excluding carboxylic acids is 1. The summed E-state index contributed by atoms with van der Waals surface area (Å²) < 4.78 is 22.4. The third kappa shape index (κ3) is 5.32. The maximum atomic E-state index is 11.9. The van der Waals surface area contributed by atoms with Crippen molar-refractivity contribution in [3.63, 3.8) is 0 Å². The van der Waals surface area contributed by atoms with E-state index in [1.165, 1.54) is 12.1 Å². The molecule has 0 aliphatic carbocycles. The van der Waals surface area contributed by atoms with E-state index in [4.69, 9.17) is 5.14 Å². The zero-order valence-electron chi connectivity index (χ0n) is 13.3. The second-order valence-electron chi connectivity index (χ2n) is 5.35. The first kappa shape index (κ1) is 17.9. The van der Waals surface area contributed by atoms with Gasteiger partial charge in [0.1, 0.15) is 0 Å². The van der Waals surface area contributed by atoms with Crippen molar-refractivity contribution in [1.29, 1.82) is 0 Å². The second kappa shape index (κ2) is 7.89. The number of amides is 2. The summed E-state index contributed by atoms with van der Waals surface area (Å²) in [5, 5.41) is 10.6. The molecule has 1 aromatic carbocycles. The highest BCUT2D eigenvalue weighted by molar-refractivity contribution is 7.89. The van der Waals surface area contributed by atoms with E-state index < -0.39 is 10.0 Å². The van der Waals surface area contributed by atoms with Crippen molar-refractivity contribution < 1.29 is 13.2 Å². The summed E-state index contributed by atoms with van der Waals surface area (Å²) in [4.78, 5) is 15.9. The number of hydrogen-bond donors (Lipinski definition) is 3. The number of sulfonamides is 1. The monoisotopic (exact) mass is 348 g/mol. The molecule has 0 aliphatic heterocycles. The van der Waals surface area contributed by atoms with Gasteiger partial charge in [-0.2, -0.15) is 0 Å². The number of nitrogens with two attached hydrogens (primary N) is 1. The number of primary sulfonamides is 1. The minimum absolute atomic E-state index is 0.0411. The van der Waals surface area contributed by atoms with E-state index in [0.29, 0.717) is 13.0 Å². The summed E-state index contributed by atoms with van der Waals surface area (Å²) >= 11 is 0. The molecule has 8 heteroatoms. The van der Waals surface area contributed by atoms with Crippen LogP contribution in [-0.2, 0) is 16.4 Å². The summed E-state index contributed by atoms with van der Waals surface area (Å²) in [5.41, 5.74) is 1.83. The molecule has 0 radical (unpaired) electrons. The summed E-state index contributed by atoms with van der Waals surface area (Å²) in [6.45, 7) is 2.31. The van der Waals surface area contributed by atoms with E-state index in [0.717, 1.165) is 11.1 Å². The summed E-state index contributed by atoms with van der Waals surface area (Å²) in [6, 6.07) is 9.33. The minimum Gasteiger partial charge on any atom is -0.338 e. The fourth-order valence-corrected chi connectivity index (χ4v) is 2.66. The third-order valence-corrected chi connectivity index (χ3v) is 4.41. The molecule has 1 atom stereocenters. The van der Waals surface area contributed by atoms with Crippen LogP contribution < -0.4 is 15.8 Å². The fourth-order valence-electron chi connectivity index (χ4n) is 2.14. The first-order valence-electron chi connectivity index (χ1n) is 7.42. The number of carbonyl (C=O) groups is 1. The SMILES string of the molecule is CC(NC(=O)NCCc1cccnc1)c1ccc(S(N)(=O)=O)cc1. The smallest absolute Gasteiger partial charge is 0.315 e. The molecule has 0 spiro atoms. The number of urea groups is 1. The Morgan fingerprint density at radius 3 is 2.54 bits per heavy atom. The topological polar surface area (TPSA) is 114 Å². The van der Waals surface area contributed by atoms with Crippen molar-refractivity contribution in [2.45, 2.75) is 24.3 Å². The predicted octanol–water partition coefficient (Wildman–Crippen LogP) is 1.33. The van der Waals surface area contributed by atoms with Crippen molar-refractivity contribution in [3.05, 3.63) is 59.9 Å². The van der Waals surface area contributed by atoms with Gasteiger partial charge in [-0.15, -0.1) is 0 Å². The Morgan fingerprint density at radius 1 is 1.25 bits per heavy atom. The van der Waals surface area contributed by atoms with Gasteiger partial charge >= 0.3 is 6.03 Å². The normalized spacial score (nSPS) is 12.4. The Labute approximate surface area is 141 Å². The van der Waals surface area contributed by atoms with E-state index in [2.05, 4.69) is 15.6 Å². The average Bonchev–Trinajstić information content (AvgIpc) is 2.55. The molecular formula is C16H20N4O3S. The van der Waals surface area contributed by atoms with Gasteiger partial charge in [-0.1, -0.05) is 18.2 Å². The van der Waals surface area contributed by atoms with E-state index in [9.17, 15) is 13.2 Å². The van der Waals surface area contributed by atoms with Gasteiger partial charge in [0.15, 0.2) is 0 Å². The maximum Gasteiger partial charge on any atom is 0.315 e. The van der Waals surface area contributed by atoms with Gasteiger partial charge in [0.25, 0.3) is 0 Å². The van der Waals surface area contributed by atoms with Crippen LogP contribution in [0.15, 0.2) is 53.7 Å². The molecule has 4 N–H and O–H groups in total. The summed E-state index contributed by atoms with van der Waals surface area (Å²) in [5.74, 6) is 0. The standard InChI is InChI=1S/C16H20N4O3S/c1-12(14-4-6-15(7-5-14)24(17,22)23)20-16(21)19-10-8-13-3-2-9-18-11-13/h2-7,9,11-12H,8,10H2,1H3,(H2,17,22,23)(H2,19,20,21). The lowest BCUT2D eigenvalue weighted by molar-refractivity contribution is 0.238. The van der Waals surface area contributed by atoms with Crippen LogP contribution >= 0.6 is 0 Å². The van der Waals surface area contributed by atoms with Crippen LogP contribution in [0.2, 0.25) is 0 Å². The van der Waals surface area contributed by atoms with Gasteiger partial charge < -0.3 is 10.6 Å². The molecular weight excluding hydrogens is 328 g/mol. The van der Waals surface area contributed by atoms with Crippen LogP contribution in [0.3, 0.4) is 0 Å². The van der Waals surface area contributed by atoms with Crippen molar-refractivity contribution >= 4 is 16.1 Å². The number of aromatic nitrogens is 1. The van der Waals surface area contributed by atoms with Crippen molar-refractivity contribution in [2.75, 3.05) is 6.54 Å². The molecule has 0 saturated carbocycles. The van der Waals surface area contributed by atoms with Gasteiger partial charge in [-0.3, -0.25) is 4.98 Å². The molecule has 2 aromatic rings. The molecule has 1 heterocycles. The highest BCUT2D eigenvalue weighted by Crippen LogP contribution is 2.15. The lowest BCUT2D eigenvalue weighted by Crippen LogP contribution is -2.38. The zero-order valence-corrected chi connectivity index (χ0v) is 14.1. The highest BCUT2D eigenvalue weighted by atomic mass is 32.2. The molecule has 128 valence electrons. The van der Waals surface area contributed by atoms with Crippen molar-refractivity contribution in [3.8, 4) is 0 Å². The van der Waals surface area contributed by atoms with Crippen molar-refractivity contribution in [1.82, 2.24) is 15.6 Å². The molecule has 0 fully saturated rings. The zero-order chi connectivity index (χ0) is 17.6. The van der Waals surface area contributed by atoms with Crippen LogP contribution in [0.5, 0.6) is 0 Å².